The van der Waals surface area contributed by atoms with Crippen LogP contribution < -0.4 is 5.32 Å². The molecule has 0 aliphatic rings. The Hall–Kier alpha value is -0.930. The lowest BCUT2D eigenvalue weighted by atomic mass is 10.1. The van der Waals surface area contributed by atoms with Crippen LogP contribution in [0.25, 0.3) is 0 Å². The summed E-state index contributed by atoms with van der Waals surface area (Å²) in [6, 6.07) is 7.00. The Balaban J connectivity index is 2.56. The highest BCUT2D eigenvalue weighted by atomic mass is 19.1. The lowest BCUT2D eigenvalue weighted by Crippen LogP contribution is -2.36. The average Bonchev–Trinajstić information content (AvgIpc) is 2.25. The van der Waals surface area contributed by atoms with Crippen molar-refractivity contribution in [2.75, 3.05) is 13.7 Å². The van der Waals surface area contributed by atoms with Crippen molar-refractivity contribution in [3.8, 4) is 0 Å². The summed E-state index contributed by atoms with van der Waals surface area (Å²) in [7, 11) is 1.87. The van der Waals surface area contributed by atoms with Gasteiger partial charge in [-0.15, -0.1) is 0 Å². The van der Waals surface area contributed by atoms with Gasteiger partial charge < -0.3 is 10.1 Å². The molecule has 0 saturated heterocycles. The zero-order valence-electron chi connectivity index (χ0n) is 11.1. The first-order valence-corrected chi connectivity index (χ1v) is 5.97. The molecule has 1 N–H and O–H groups in total. The van der Waals surface area contributed by atoms with Crippen molar-refractivity contribution in [1.82, 2.24) is 5.32 Å². The van der Waals surface area contributed by atoms with E-state index in [9.17, 15) is 4.39 Å². The number of ether oxygens (including phenoxy) is 1. The number of halogens is 1. The Labute approximate surface area is 103 Å². The summed E-state index contributed by atoms with van der Waals surface area (Å²) in [5.41, 5.74) is 0.564. The van der Waals surface area contributed by atoms with Gasteiger partial charge in [-0.05, 0) is 45.9 Å². The quantitative estimate of drug-likeness (QED) is 0.853. The predicted octanol–water partition coefficient (Wildman–Crippen LogP) is 2.77. The third-order valence-electron chi connectivity index (χ3n) is 2.55. The Bertz CT molecular complexity index is 346. The van der Waals surface area contributed by atoms with Crippen LogP contribution in [0.3, 0.4) is 0 Å². The Morgan fingerprint density at radius 1 is 1.29 bits per heavy atom. The van der Waals surface area contributed by atoms with Crippen molar-refractivity contribution in [3.63, 3.8) is 0 Å². The van der Waals surface area contributed by atoms with Crippen LogP contribution in [0.2, 0.25) is 0 Å². The van der Waals surface area contributed by atoms with Crippen LogP contribution in [0.1, 0.15) is 26.3 Å². The van der Waals surface area contributed by atoms with Gasteiger partial charge in [0.05, 0.1) is 12.2 Å². The van der Waals surface area contributed by atoms with Crippen LogP contribution in [-0.2, 0) is 11.2 Å². The van der Waals surface area contributed by atoms with Crippen LogP contribution in [0.4, 0.5) is 4.39 Å². The maximum atomic E-state index is 13.5. The molecule has 96 valence electrons. The van der Waals surface area contributed by atoms with Gasteiger partial charge in [0, 0.05) is 6.04 Å². The molecule has 0 amide bonds. The van der Waals surface area contributed by atoms with Gasteiger partial charge in [-0.2, -0.15) is 0 Å². The number of hydrogen-bond acceptors (Lipinski definition) is 2. The van der Waals surface area contributed by atoms with Crippen molar-refractivity contribution in [1.29, 1.82) is 0 Å². The molecule has 1 atom stereocenters. The average molecular weight is 239 g/mol. The maximum Gasteiger partial charge on any atom is 0.126 e. The van der Waals surface area contributed by atoms with Crippen molar-refractivity contribution in [3.05, 3.63) is 35.6 Å². The normalized spacial score (nSPS) is 13.7. The van der Waals surface area contributed by atoms with Gasteiger partial charge in [0.2, 0.25) is 0 Å². The minimum atomic E-state index is -0.162. The van der Waals surface area contributed by atoms with Crippen molar-refractivity contribution in [2.24, 2.45) is 0 Å². The fourth-order valence-corrected chi connectivity index (χ4v) is 1.52. The molecule has 3 heteroatoms. The molecule has 1 aromatic carbocycles. The van der Waals surface area contributed by atoms with Crippen LogP contribution in [0.15, 0.2) is 24.3 Å². The molecule has 0 fully saturated rings. The molecule has 0 aliphatic heterocycles. The van der Waals surface area contributed by atoms with Gasteiger partial charge in [-0.1, -0.05) is 18.2 Å². The Morgan fingerprint density at radius 3 is 2.47 bits per heavy atom. The molecule has 0 bridgehead atoms. The molecule has 1 rings (SSSR count). The van der Waals surface area contributed by atoms with Crippen molar-refractivity contribution < 1.29 is 9.13 Å². The van der Waals surface area contributed by atoms with E-state index < -0.39 is 0 Å². The zero-order chi connectivity index (χ0) is 12.9. The molecule has 0 aliphatic carbocycles. The lowest BCUT2D eigenvalue weighted by Gasteiger charge is -2.24. The second kappa shape index (κ2) is 6.12. The second-order valence-electron chi connectivity index (χ2n) is 5.20. The first kappa shape index (κ1) is 14.1. The molecule has 0 aromatic heterocycles. The first-order valence-electron chi connectivity index (χ1n) is 5.97. The molecule has 0 saturated carbocycles. The van der Waals surface area contributed by atoms with Gasteiger partial charge in [0.1, 0.15) is 5.82 Å². The predicted molar refractivity (Wildman–Crippen MR) is 68.7 cm³/mol. The van der Waals surface area contributed by atoms with Gasteiger partial charge in [-0.3, -0.25) is 0 Å². The van der Waals surface area contributed by atoms with Crippen LogP contribution in [0.5, 0.6) is 0 Å². The van der Waals surface area contributed by atoms with E-state index in [1.807, 2.05) is 40.0 Å². The molecule has 0 radical (unpaired) electrons. The van der Waals surface area contributed by atoms with Gasteiger partial charge in [-0.25, -0.2) is 4.39 Å². The SMILES string of the molecule is CNC(COC(C)(C)C)Cc1ccccc1F. The van der Waals surface area contributed by atoms with Crippen LogP contribution >= 0.6 is 0 Å². The fourth-order valence-electron chi connectivity index (χ4n) is 1.52. The highest BCUT2D eigenvalue weighted by Crippen LogP contribution is 2.12. The smallest absolute Gasteiger partial charge is 0.126 e. The topological polar surface area (TPSA) is 21.3 Å². The van der Waals surface area contributed by atoms with Gasteiger partial charge >= 0.3 is 0 Å². The minimum absolute atomic E-state index is 0.131. The Kier molecular flexibility index (Phi) is 5.09. The minimum Gasteiger partial charge on any atom is -0.374 e. The van der Waals surface area contributed by atoms with E-state index >= 15 is 0 Å². The van der Waals surface area contributed by atoms with E-state index in [1.54, 1.807) is 6.07 Å². The molecule has 0 heterocycles. The highest BCUT2D eigenvalue weighted by molar-refractivity contribution is 5.18. The van der Waals surface area contributed by atoms with Gasteiger partial charge in [0.25, 0.3) is 0 Å². The first-order chi connectivity index (χ1) is 7.92. The highest BCUT2D eigenvalue weighted by Gasteiger charge is 2.15. The van der Waals surface area contributed by atoms with Crippen LogP contribution in [0, 0.1) is 5.82 Å². The molecular formula is C14H22FNO. The number of nitrogens with one attached hydrogen (secondary N) is 1. The summed E-state index contributed by atoms with van der Waals surface area (Å²) in [4.78, 5) is 0. The number of hydrogen-bond donors (Lipinski definition) is 1. The van der Waals surface area contributed by atoms with Crippen LogP contribution in [-0.4, -0.2) is 25.3 Å². The molecular weight excluding hydrogens is 217 g/mol. The third-order valence-corrected chi connectivity index (χ3v) is 2.55. The number of benzene rings is 1. The summed E-state index contributed by atoms with van der Waals surface area (Å²) in [6.07, 6.45) is 0.638. The molecule has 1 unspecified atom stereocenters. The summed E-state index contributed by atoms with van der Waals surface area (Å²) in [6.45, 7) is 6.63. The third kappa shape index (κ3) is 5.29. The van der Waals surface area contributed by atoms with E-state index in [4.69, 9.17) is 4.74 Å². The van der Waals surface area contributed by atoms with Gasteiger partial charge in [0.15, 0.2) is 0 Å². The largest absolute Gasteiger partial charge is 0.374 e. The monoisotopic (exact) mass is 239 g/mol. The summed E-state index contributed by atoms with van der Waals surface area (Å²) >= 11 is 0. The summed E-state index contributed by atoms with van der Waals surface area (Å²) < 4.78 is 19.2. The lowest BCUT2D eigenvalue weighted by molar-refractivity contribution is -0.0135. The molecule has 17 heavy (non-hydrogen) atoms. The van der Waals surface area contributed by atoms with E-state index in [-0.39, 0.29) is 17.5 Å². The van der Waals surface area contributed by atoms with Crippen molar-refractivity contribution >= 4 is 0 Å². The van der Waals surface area contributed by atoms with E-state index in [0.717, 1.165) is 5.56 Å². The van der Waals surface area contributed by atoms with Crippen molar-refractivity contribution in [2.45, 2.75) is 38.8 Å². The van der Waals surface area contributed by atoms with E-state index in [1.165, 1.54) is 6.07 Å². The summed E-state index contributed by atoms with van der Waals surface area (Å²) in [5, 5.41) is 3.16. The standard InChI is InChI=1S/C14H22FNO/c1-14(2,3)17-10-12(16-4)9-11-7-5-6-8-13(11)15/h5-8,12,16H,9-10H2,1-4H3. The molecule has 1 aromatic rings. The zero-order valence-corrected chi connectivity index (χ0v) is 11.1. The molecule has 0 spiro atoms. The summed E-state index contributed by atoms with van der Waals surface area (Å²) in [5.74, 6) is -0.150. The molecule has 2 nitrogen and oxygen atoms in total. The second-order valence-corrected chi connectivity index (χ2v) is 5.20. The Morgan fingerprint density at radius 2 is 1.94 bits per heavy atom. The number of likely N-dealkylation sites (N-methyl/N-ethyl adjacent to an activating group) is 1. The van der Waals surface area contributed by atoms with E-state index in [0.29, 0.717) is 13.0 Å². The maximum absolute atomic E-state index is 13.5. The van der Waals surface area contributed by atoms with E-state index in [2.05, 4.69) is 5.32 Å². The fraction of sp³-hybridized carbons (Fsp3) is 0.571. The number of rotatable bonds is 5.